The average molecular weight is 407 g/mol. The maximum Gasteiger partial charge on any atom is 0.163 e. The van der Waals surface area contributed by atoms with E-state index in [2.05, 4.69) is 13.0 Å². The van der Waals surface area contributed by atoms with Crippen molar-refractivity contribution in [2.24, 2.45) is 0 Å². The van der Waals surface area contributed by atoms with Crippen molar-refractivity contribution in [3.05, 3.63) is 45.5 Å². The smallest absolute Gasteiger partial charge is 0.163 e. The summed E-state index contributed by atoms with van der Waals surface area (Å²) in [5.41, 5.74) is 5.50. The summed E-state index contributed by atoms with van der Waals surface area (Å²) in [6, 6.07) is 3.96. The Hall–Kier alpha value is -1.63. The molecule has 0 unspecified atom stereocenters. The van der Waals surface area contributed by atoms with E-state index in [1.54, 1.807) is 0 Å². The monoisotopic (exact) mass is 406 g/mol. The highest BCUT2D eigenvalue weighted by Crippen LogP contribution is 2.38. The van der Waals surface area contributed by atoms with E-state index in [1.165, 1.54) is 5.57 Å². The van der Waals surface area contributed by atoms with E-state index in [0.717, 1.165) is 41.5 Å². The van der Waals surface area contributed by atoms with E-state index in [1.807, 2.05) is 26.0 Å². The molecule has 2 heterocycles. The molecule has 0 radical (unpaired) electrons. The zero-order chi connectivity index (χ0) is 20.5. The maximum atomic E-state index is 12.3. The summed E-state index contributed by atoms with van der Waals surface area (Å²) in [7, 11) is -3.23. The molecule has 0 aliphatic carbocycles. The van der Waals surface area contributed by atoms with Gasteiger partial charge < -0.3 is 14.9 Å². The van der Waals surface area contributed by atoms with Crippen LogP contribution < -0.4 is 0 Å². The molecule has 1 aromatic rings. The molecular weight excluding hydrogens is 376 g/mol. The first-order chi connectivity index (χ1) is 13.3. The van der Waals surface area contributed by atoms with Crippen molar-refractivity contribution < 1.29 is 23.4 Å². The molecule has 0 amide bonds. The topological polar surface area (TPSA) is 83.8 Å². The molecule has 0 bridgehead atoms. The number of hydrogen-bond acceptors (Lipinski definition) is 5. The lowest BCUT2D eigenvalue weighted by molar-refractivity contribution is 0.117. The Morgan fingerprint density at radius 2 is 1.93 bits per heavy atom. The van der Waals surface area contributed by atoms with Gasteiger partial charge >= 0.3 is 0 Å². The van der Waals surface area contributed by atoms with Crippen LogP contribution in [-0.4, -0.2) is 49.0 Å². The third kappa shape index (κ3) is 4.19. The molecular formula is C22H30O5S. The van der Waals surface area contributed by atoms with Gasteiger partial charge in [-0.3, -0.25) is 0 Å². The number of benzene rings is 1. The first-order valence-electron chi connectivity index (χ1n) is 9.92. The number of rotatable bonds is 7. The lowest BCUT2D eigenvalue weighted by Crippen LogP contribution is -2.19. The quantitative estimate of drug-likeness (QED) is 0.678. The van der Waals surface area contributed by atoms with Crippen LogP contribution in [0.3, 0.4) is 0 Å². The number of hydrogen-bond donors (Lipinski definition) is 2. The van der Waals surface area contributed by atoms with Crippen molar-refractivity contribution in [1.82, 2.24) is 0 Å². The SMILES string of the molecule is CCC/C(=C\c1cc(C)c(O)c(C)c1)CC[C@H]1OC[C@H]2C1=C(CO)CS2(=O)=O. The van der Waals surface area contributed by atoms with Crippen LogP contribution in [0.4, 0.5) is 0 Å². The van der Waals surface area contributed by atoms with Gasteiger partial charge in [-0.25, -0.2) is 8.42 Å². The molecule has 2 N–H and O–H groups in total. The van der Waals surface area contributed by atoms with Crippen LogP contribution in [0.2, 0.25) is 0 Å². The number of sulfone groups is 1. The fraction of sp³-hybridized carbons (Fsp3) is 0.545. The zero-order valence-corrected chi connectivity index (χ0v) is 17.7. The molecule has 1 saturated heterocycles. The molecule has 2 aliphatic rings. The van der Waals surface area contributed by atoms with Crippen molar-refractivity contribution in [2.45, 2.75) is 57.8 Å². The van der Waals surface area contributed by atoms with Crippen LogP contribution >= 0.6 is 0 Å². The molecule has 154 valence electrons. The Balaban J connectivity index is 1.77. The average Bonchev–Trinajstić information content (AvgIpc) is 3.17. The lowest BCUT2D eigenvalue weighted by Gasteiger charge is -2.15. The second kappa shape index (κ2) is 8.39. The third-order valence-electron chi connectivity index (χ3n) is 5.73. The van der Waals surface area contributed by atoms with E-state index >= 15 is 0 Å². The van der Waals surface area contributed by atoms with Gasteiger partial charge in [0.15, 0.2) is 9.84 Å². The number of ether oxygens (including phenoxy) is 1. The highest BCUT2D eigenvalue weighted by molar-refractivity contribution is 7.92. The number of fused-ring (bicyclic) bond motifs is 1. The van der Waals surface area contributed by atoms with E-state index in [4.69, 9.17) is 4.74 Å². The van der Waals surface area contributed by atoms with Gasteiger partial charge in [0.2, 0.25) is 0 Å². The Morgan fingerprint density at radius 3 is 2.54 bits per heavy atom. The van der Waals surface area contributed by atoms with Crippen molar-refractivity contribution in [3.63, 3.8) is 0 Å². The van der Waals surface area contributed by atoms with Gasteiger partial charge in [-0.05, 0) is 73.1 Å². The summed E-state index contributed by atoms with van der Waals surface area (Å²) in [5, 5.41) is 19.0. The van der Waals surface area contributed by atoms with Crippen LogP contribution in [0, 0.1) is 13.8 Å². The first kappa shape index (κ1) is 21.1. The maximum absolute atomic E-state index is 12.3. The molecule has 0 aromatic heterocycles. The third-order valence-corrected chi connectivity index (χ3v) is 7.74. The van der Waals surface area contributed by atoms with Gasteiger partial charge in [0, 0.05) is 0 Å². The summed E-state index contributed by atoms with van der Waals surface area (Å²) < 4.78 is 30.3. The molecule has 1 aromatic carbocycles. The number of aliphatic hydroxyl groups is 1. The summed E-state index contributed by atoms with van der Waals surface area (Å²) >= 11 is 0. The molecule has 5 nitrogen and oxygen atoms in total. The Labute approximate surface area is 167 Å². The van der Waals surface area contributed by atoms with Gasteiger partial charge in [-0.1, -0.05) is 25.0 Å². The largest absolute Gasteiger partial charge is 0.507 e. The minimum atomic E-state index is -3.23. The van der Waals surface area contributed by atoms with Crippen molar-refractivity contribution in [2.75, 3.05) is 19.0 Å². The highest BCUT2D eigenvalue weighted by atomic mass is 32.2. The highest BCUT2D eigenvalue weighted by Gasteiger charge is 2.46. The Bertz CT molecular complexity index is 888. The van der Waals surface area contributed by atoms with Gasteiger partial charge in [0.1, 0.15) is 11.0 Å². The molecule has 3 rings (SSSR count). The summed E-state index contributed by atoms with van der Waals surface area (Å²) in [6.07, 6.45) is 5.45. The summed E-state index contributed by atoms with van der Waals surface area (Å²) in [6.45, 7) is 5.92. The van der Waals surface area contributed by atoms with Crippen LogP contribution in [0.15, 0.2) is 28.9 Å². The number of phenols is 1. The predicted octanol–water partition coefficient (Wildman–Crippen LogP) is 3.46. The Morgan fingerprint density at radius 1 is 1.25 bits per heavy atom. The number of aryl methyl sites for hydroxylation is 2. The first-order valence-corrected chi connectivity index (χ1v) is 11.6. The zero-order valence-electron chi connectivity index (χ0n) is 16.9. The van der Waals surface area contributed by atoms with Crippen LogP contribution in [-0.2, 0) is 14.6 Å². The Kier molecular flexibility index (Phi) is 6.32. The molecule has 6 heteroatoms. The number of aliphatic hydroxyl groups excluding tert-OH is 1. The van der Waals surface area contributed by atoms with Crippen molar-refractivity contribution >= 4 is 15.9 Å². The number of phenolic OH excluding ortho intramolecular Hbond substituents is 1. The molecule has 1 fully saturated rings. The van der Waals surface area contributed by atoms with Crippen molar-refractivity contribution in [3.8, 4) is 5.75 Å². The number of allylic oxidation sites excluding steroid dienone is 1. The van der Waals surface area contributed by atoms with E-state index in [9.17, 15) is 18.6 Å². The summed E-state index contributed by atoms with van der Waals surface area (Å²) in [4.78, 5) is 0. The van der Waals surface area contributed by atoms with Crippen LogP contribution in [0.5, 0.6) is 5.75 Å². The lowest BCUT2D eigenvalue weighted by atomic mass is 9.94. The molecule has 2 atom stereocenters. The van der Waals surface area contributed by atoms with E-state index in [-0.39, 0.29) is 25.1 Å². The van der Waals surface area contributed by atoms with Crippen molar-refractivity contribution in [1.29, 1.82) is 0 Å². The summed E-state index contributed by atoms with van der Waals surface area (Å²) in [5.74, 6) is 0.304. The van der Waals surface area contributed by atoms with Crippen LogP contribution in [0.1, 0.15) is 49.3 Å². The molecule has 2 aliphatic heterocycles. The van der Waals surface area contributed by atoms with Gasteiger partial charge in [-0.15, -0.1) is 0 Å². The minimum absolute atomic E-state index is 0.0346. The van der Waals surface area contributed by atoms with Gasteiger partial charge in [0.05, 0.1) is 25.1 Å². The molecule has 0 saturated carbocycles. The predicted molar refractivity (Wildman–Crippen MR) is 111 cm³/mol. The van der Waals surface area contributed by atoms with E-state index < -0.39 is 15.1 Å². The molecule has 0 spiro atoms. The minimum Gasteiger partial charge on any atom is -0.507 e. The fourth-order valence-corrected chi connectivity index (χ4v) is 6.30. The second-order valence-electron chi connectivity index (χ2n) is 7.93. The molecule has 28 heavy (non-hydrogen) atoms. The van der Waals surface area contributed by atoms with Crippen LogP contribution in [0.25, 0.3) is 6.08 Å². The van der Waals surface area contributed by atoms with Gasteiger partial charge in [0.25, 0.3) is 0 Å². The van der Waals surface area contributed by atoms with Gasteiger partial charge in [-0.2, -0.15) is 0 Å². The second-order valence-corrected chi connectivity index (χ2v) is 10.1. The fourth-order valence-electron chi connectivity index (χ4n) is 4.36. The number of aromatic hydroxyl groups is 1. The normalized spacial score (nSPS) is 24.1. The standard InChI is InChI=1S/C22H30O5S/c1-4-5-16(10-17-8-14(2)22(24)15(3)9-17)6-7-19-21-18(11-23)13-28(25,26)20(21)12-27-19/h8-10,19-20,23-24H,4-7,11-13H2,1-3H3/b16-10+/t19-,20+/m1/s1. The van der Waals surface area contributed by atoms with E-state index in [0.29, 0.717) is 17.7 Å².